The molecule has 0 fully saturated rings. The van der Waals surface area contributed by atoms with Gasteiger partial charge in [0.15, 0.2) is 0 Å². The molecule has 0 aliphatic carbocycles. The van der Waals surface area contributed by atoms with Gasteiger partial charge in [-0.05, 0) is 43.0 Å². The van der Waals surface area contributed by atoms with Crippen LogP contribution in [0.1, 0.15) is 50.4 Å². The Hall–Kier alpha value is -0.930. The highest BCUT2D eigenvalue weighted by Crippen LogP contribution is 2.32. The van der Waals surface area contributed by atoms with E-state index >= 15 is 0 Å². The topological polar surface area (TPSA) is 12.0 Å². The fourth-order valence-corrected chi connectivity index (χ4v) is 3.47. The van der Waals surface area contributed by atoms with E-state index in [4.69, 9.17) is 0 Å². The molecular formula is C16H22FNS. The molecule has 0 bridgehead atoms. The molecule has 0 spiro atoms. The van der Waals surface area contributed by atoms with Crippen LogP contribution in [0.15, 0.2) is 24.3 Å². The number of rotatable bonds is 7. The summed E-state index contributed by atoms with van der Waals surface area (Å²) in [4.78, 5) is 1.34. The number of hydrogen-bond acceptors (Lipinski definition) is 2. The van der Waals surface area contributed by atoms with Crippen molar-refractivity contribution in [3.05, 3.63) is 35.0 Å². The Morgan fingerprint density at radius 3 is 2.79 bits per heavy atom. The van der Waals surface area contributed by atoms with Gasteiger partial charge in [-0.2, -0.15) is 0 Å². The van der Waals surface area contributed by atoms with Crippen LogP contribution in [0.4, 0.5) is 4.39 Å². The third-order valence-corrected chi connectivity index (χ3v) is 4.54. The number of fused-ring (bicyclic) bond motifs is 1. The van der Waals surface area contributed by atoms with Crippen molar-refractivity contribution in [2.24, 2.45) is 0 Å². The Kier molecular flexibility index (Phi) is 5.34. The zero-order chi connectivity index (χ0) is 13.7. The van der Waals surface area contributed by atoms with Gasteiger partial charge in [0.25, 0.3) is 0 Å². The first kappa shape index (κ1) is 14.5. The third kappa shape index (κ3) is 3.77. The van der Waals surface area contributed by atoms with Crippen LogP contribution in [0, 0.1) is 5.82 Å². The van der Waals surface area contributed by atoms with Gasteiger partial charge in [-0.1, -0.05) is 32.8 Å². The first-order valence-electron chi connectivity index (χ1n) is 7.17. The quantitative estimate of drug-likeness (QED) is 0.728. The molecule has 1 N–H and O–H groups in total. The van der Waals surface area contributed by atoms with E-state index in [0.29, 0.717) is 6.04 Å². The van der Waals surface area contributed by atoms with Crippen LogP contribution in [-0.2, 0) is 0 Å². The molecule has 1 aromatic heterocycles. The summed E-state index contributed by atoms with van der Waals surface area (Å²) in [6, 6.07) is 7.68. The molecule has 2 aromatic rings. The van der Waals surface area contributed by atoms with Crippen LogP contribution in [0.3, 0.4) is 0 Å². The van der Waals surface area contributed by atoms with Crippen molar-refractivity contribution in [2.45, 2.75) is 45.6 Å². The van der Waals surface area contributed by atoms with E-state index in [1.165, 1.54) is 17.7 Å². The molecule has 0 aliphatic rings. The molecular weight excluding hydrogens is 257 g/mol. The molecule has 0 amide bonds. The average molecular weight is 279 g/mol. The zero-order valence-electron chi connectivity index (χ0n) is 11.7. The summed E-state index contributed by atoms with van der Waals surface area (Å²) in [5, 5.41) is 4.77. The Morgan fingerprint density at radius 1 is 1.21 bits per heavy atom. The Labute approximate surface area is 118 Å². The summed E-state index contributed by atoms with van der Waals surface area (Å²) >= 11 is 1.72. The van der Waals surface area contributed by atoms with Gasteiger partial charge in [0.05, 0.1) is 0 Å². The molecule has 0 saturated carbocycles. The molecule has 0 saturated heterocycles. The Bertz CT molecular complexity index is 512. The fourth-order valence-electron chi connectivity index (χ4n) is 2.27. The fraction of sp³-hybridized carbons (Fsp3) is 0.500. The molecule has 1 unspecified atom stereocenters. The van der Waals surface area contributed by atoms with E-state index in [1.807, 2.05) is 6.07 Å². The van der Waals surface area contributed by atoms with Gasteiger partial charge in [-0.25, -0.2) is 4.39 Å². The van der Waals surface area contributed by atoms with Crippen LogP contribution in [0.25, 0.3) is 10.1 Å². The smallest absolute Gasteiger partial charge is 0.124 e. The zero-order valence-corrected chi connectivity index (χ0v) is 12.5. The number of benzene rings is 1. The molecule has 3 heteroatoms. The van der Waals surface area contributed by atoms with Crippen molar-refractivity contribution in [3.8, 4) is 0 Å². The lowest BCUT2D eigenvalue weighted by molar-refractivity contribution is 0.488. The molecule has 1 heterocycles. The van der Waals surface area contributed by atoms with Gasteiger partial charge in [0.1, 0.15) is 5.82 Å². The van der Waals surface area contributed by atoms with Crippen LogP contribution < -0.4 is 5.32 Å². The van der Waals surface area contributed by atoms with Crippen molar-refractivity contribution >= 4 is 21.4 Å². The molecule has 2 rings (SSSR count). The van der Waals surface area contributed by atoms with Gasteiger partial charge < -0.3 is 5.32 Å². The number of unbranched alkanes of at least 4 members (excludes halogenated alkanes) is 1. The predicted molar refractivity (Wildman–Crippen MR) is 82.3 cm³/mol. The van der Waals surface area contributed by atoms with Crippen molar-refractivity contribution in [1.29, 1.82) is 0 Å². The molecule has 19 heavy (non-hydrogen) atoms. The minimum absolute atomic E-state index is 0.146. The van der Waals surface area contributed by atoms with Gasteiger partial charge >= 0.3 is 0 Å². The molecule has 0 aliphatic heterocycles. The summed E-state index contributed by atoms with van der Waals surface area (Å²) in [5.74, 6) is -0.146. The highest BCUT2D eigenvalue weighted by atomic mass is 32.1. The third-order valence-electron chi connectivity index (χ3n) is 3.33. The summed E-state index contributed by atoms with van der Waals surface area (Å²) in [6.45, 7) is 5.44. The Morgan fingerprint density at radius 2 is 2.05 bits per heavy atom. The van der Waals surface area contributed by atoms with E-state index in [2.05, 4.69) is 25.2 Å². The predicted octanol–water partition coefficient (Wildman–Crippen LogP) is 5.27. The van der Waals surface area contributed by atoms with Gasteiger partial charge in [-0.15, -0.1) is 11.3 Å². The molecule has 1 nitrogen and oxygen atoms in total. The minimum Gasteiger partial charge on any atom is -0.309 e. The maximum Gasteiger partial charge on any atom is 0.124 e. The van der Waals surface area contributed by atoms with Crippen LogP contribution in [-0.4, -0.2) is 6.54 Å². The summed E-state index contributed by atoms with van der Waals surface area (Å²) in [6.07, 6.45) is 4.74. The summed E-state index contributed by atoms with van der Waals surface area (Å²) in [5.41, 5.74) is 0. The number of hydrogen-bond donors (Lipinski definition) is 1. The SMILES string of the molecule is CCCCC(NCCC)c1cc2ccc(F)cc2s1. The second kappa shape index (κ2) is 7.01. The van der Waals surface area contributed by atoms with Gasteiger partial charge in [0.2, 0.25) is 0 Å². The van der Waals surface area contributed by atoms with Crippen LogP contribution in [0.5, 0.6) is 0 Å². The van der Waals surface area contributed by atoms with Crippen molar-refractivity contribution in [3.63, 3.8) is 0 Å². The van der Waals surface area contributed by atoms with Crippen molar-refractivity contribution in [1.82, 2.24) is 5.32 Å². The molecule has 1 aromatic carbocycles. The lowest BCUT2D eigenvalue weighted by Gasteiger charge is -2.16. The summed E-state index contributed by atoms with van der Waals surface area (Å²) < 4.78 is 14.3. The number of nitrogens with one attached hydrogen (secondary N) is 1. The molecule has 1 atom stereocenters. The summed E-state index contributed by atoms with van der Waals surface area (Å²) in [7, 11) is 0. The van der Waals surface area contributed by atoms with Crippen molar-refractivity contribution in [2.75, 3.05) is 6.54 Å². The number of halogens is 1. The lowest BCUT2D eigenvalue weighted by Crippen LogP contribution is -2.21. The largest absolute Gasteiger partial charge is 0.309 e. The van der Waals surface area contributed by atoms with Crippen LogP contribution >= 0.6 is 11.3 Å². The first-order valence-corrected chi connectivity index (χ1v) is 7.98. The monoisotopic (exact) mass is 279 g/mol. The van der Waals surface area contributed by atoms with E-state index in [1.54, 1.807) is 23.5 Å². The van der Waals surface area contributed by atoms with E-state index < -0.39 is 0 Å². The van der Waals surface area contributed by atoms with E-state index in [0.717, 1.165) is 29.5 Å². The normalized spacial score (nSPS) is 13.0. The van der Waals surface area contributed by atoms with Crippen LogP contribution in [0.2, 0.25) is 0 Å². The second-order valence-corrected chi connectivity index (χ2v) is 6.10. The molecule has 104 valence electrons. The van der Waals surface area contributed by atoms with E-state index in [9.17, 15) is 4.39 Å². The van der Waals surface area contributed by atoms with Gasteiger partial charge in [-0.3, -0.25) is 0 Å². The first-order chi connectivity index (χ1) is 9.24. The highest BCUT2D eigenvalue weighted by Gasteiger charge is 2.13. The Balaban J connectivity index is 2.21. The average Bonchev–Trinajstić information content (AvgIpc) is 2.81. The maximum absolute atomic E-state index is 13.2. The van der Waals surface area contributed by atoms with Gasteiger partial charge in [0, 0.05) is 15.6 Å². The lowest BCUT2D eigenvalue weighted by atomic mass is 10.1. The second-order valence-electron chi connectivity index (χ2n) is 4.98. The van der Waals surface area contributed by atoms with Crippen molar-refractivity contribution < 1.29 is 4.39 Å². The minimum atomic E-state index is -0.146. The number of thiophene rings is 1. The highest BCUT2D eigenvalue weighted by molar-refractivity contribution is 7.19. The molecule has 0 radical (unpaired) electrons. The maximum atomic E-state index is 13.2. The van der Waals surface area contributed by atoms with E-state index in [-0.39, 0.29) is 5.82 Å². The standard InChI is InChI=1S/C16H22FNS/c1-3-5-6-14(18-9-4-2)16-10-12-7-8-13(17)11-15(12)19-16/h7-8,10-11,14,18H,3-6,9H2,1-2H3.